The molecular weight excluding hydrogens is 229 g/mol. The zero-order valence-electron chi connectivity index (χ0n) is 10.6. The summed E-state index contributed by atoms with van der Waals surface area (Å²) < 4.78 is 39.1. The fourth-order valence-electron chi connectivity index (χ4n) is 2.82. The first-order chi connectivity index (χ1) is 7.88. The number of likely N-dealkylation sites (tertiary alicyclic amines) is 1. The van der Waals surface area contributed by atoms with Crippen LogP contribution in [0.4, 0.5) is 13.2 Å². The average Bonchev–Trinajstić information content (AvgIpc) is 2.18. The van der Waals surface area contributed by atoms with Gasteiger partial charge in [-0.2, -0.15) is 13.2 Å². The number of nitrogens with two attached hydrogens (primary N) is 1. The molecule has 1 aliphatic rings. The first kappa shape index (κ1) is 14.8. The molecule has 2 N–H and O–H groups in total. The van der Waals surface area contributed by atoms with Gasteiger partial charge in [-0.25, -0.2) is 0 Å². The molecule has 3 atom stereocenters. The van der Waals surface area contributed by atoms with Crippen molar-refractivity contribution in [3.63, 3.8) is 0 Å². The molecule has 0 aliphatic carbocycles. The van der Waals surface area contributed by atoms with E-state index in [1.807, 2.05) is 6.92 Å². The van der Waals surface area contributed by atoms with Gasteiger partial charge in [-0.05, 0) is 32.7 Å². The zero-order valence-corrected chi connectivity index (χ0v) is 10.6. The summed E-state index contributed by atoms with van der Waals surface area (Å²) in [6.07, 6.45) is 0.277. The number of hydrogen-bond acceptors (Lipinski definition) is 2. The molecule has 0 bridgehead atoms. The minimum Gasteiger partial charge on any atom is -0.326 e. The van der Waals surface area contributed by atoms with Crippen LogP contribution in [0.1, 0.15) is 46.0 Å². The molecule has 3 unspecified atom stereocenters. The van der Waals surface area contributed by atoms with Gasteiger partial charge in [0.1, 0.15) is 6.04 Å². The molecular formula is C12H23F3N2. The monoisotopic (exact) mass is 252 g/mol. The molecule has 5 heteroatoms. The summed E-state index contributed by atoms with van der Waals surface area (Å²) in [4.78, 5) is 1.59. The van der Waals surface area contributed by atoms with Gasteiger partial charge in [0, 0.05) is 12.1 Å². The van der Waals surface area contributed by atoms with E-state index in [-0.39, 0.29) is 6.04 Å². The van der Waals surface area contributed by atoms with Crippen molar-refractivity contribution >= 4 is 0 Å². The Kier molecular flexibility index (Phi) is 5.25. The van der Waals surface area contributed by atoms with E-state index in [4.69, 9.17) is 5.73 Å². The van der Waals surface area contributed by atoms with Crippen LogP contribution < -0.4 is 5.73 Å². The molecule has 2 nitrogen and oxygen atoms in total. The average molecular weight is 252 g/mol. The minimum absolute atomic E-state index is 0.0476. The van der Waals surface area contributed by atoms with Crippen LogP contribution in [0.3, 0.4) is 0 Å². The Labute approximate surface area is 101 Å². The molecule has 1 saturated heterocycles. The van der Waals surface area contributed by atoms with E-state index in [2.05, 4.69) is 0 Å². The fourth-order valence-corrected chi connectivity index (χ4v) is 2.82. The second-order valence-electron chi connectivity index (χ2n) is 5.02. The number of hydrogen-bond donors (Lipinski definition) is 1. The van der Waals surface area contributed by atoms with Gasteiger partial charge in [0.2, 0.25) is 0 Å². The summed E-state index contributed by atoms with van der Waals surface area (Å²) >= 11 is 0. The van der Waals surface area contributed by atoms with Crippen molar-refractivity contribution < 1.29 is 13.2 Å². The van der Waals surface area contributed by atoms with Crippen LogP contribution in [-0.4, -0.2) is 35.7 Å². The van der Waals surface area contributed by atoms with Gasteiger partial charge in [0.05, 0.1) is 0 Å². The lowest BCUT2D eigenvalue weighted by Gasteiger charge is -2.43. The molecule has 0 saturated carbocycles. The van der Waals surface area contributed by atoms with E-state index >= 15 is 0 Å². The maximum Gasteiger partial charge on any atom is 0.405 e. The molecule has 0 amide bonds. The Morgan fingerprint density at radius 2 is 2.00 bits per heavy atom. The van der Waals surface area contributed by atoms with Gasteiger partial charge in [-0.3, -0.25) is 4.90 Å². The number of halogens is 3. The van der Waals surface area contributed by atoms with Crippen LogP contribution in [0.25, 0.3) is 0 Å². The highest BCUT2D eigenvalue weighted by Gasteiger charge is 2.47. The van der Waals surface area contributed by atoms with E-state index in [1.165, 1.54) is 6.92 Å². The molecule has 102 valence electrons. The Balaban J connectivity index is 2.82. The van der Waals surface area contributed by atoms with Gasteiger partial charge in [-0.15, -0.1) is 0 Å². The Hall–Kier alpha value is -0.290. The maximum absolute atomic E-state index is 13.0. The minimum atomic E-state index is -4.22. The zero-order chi connectivity index (χ0) is 13.1. The van der Waals surface area contributed by atoms with Crippen molar-refractivity contribution in [1.82, 2.24) is 4.90 Å². The van der Waals surface area contributed by atoms with Gasteiger partial charge in [-0.1, -0.05) is 19.8 Å². The molecule has 0 spiro atoms. The van der Waals surface area contributed by atoms with Crippen molar-refractivity contribution in [2.24, 2.45) is 5.73 Å². The molecule has 1 fully saturated rings. The number of rotatable bonds is 4. The number of nitrogens with zero attached hydrogens (tertiary/aromatic N) is 1. The summed E-state index contributed by atoms with van der Waals surface area (Å²) in [6.45, 7) is 3.99. The lowest BCUT2D eigenvalue weighted by molar-refractivity contribution is -0.197. The lowest BCUT2D eigenvalue weighted by Crippen LogP contribution is -2.59. The van der Waals surface area contributed by atoms with Crippen LogP contribution in [0, 0.1) is 0 Å². The molecule has 17 heavy (non-hydrogen) atoms. The van der Waals surface area contributed by atoms with Crippen molar-refractivity contribution in [3.8, 4) is 0 Å². The second-order valence-corrected chi connectivity index (χ2v) is 5.02. The summed E-state index contributed by atoms with van der Waals surface area (Å²) in [7, 11) is 0. The SMILES string of the molecule is CCCC1CCCCN1C(C(C)N)C(F)(F)F. The Morgan fingerprint density at radius 3 is 2.47 bits per heavy atom. The first-order valence-corrected chi connectivity index (χ1v) is 6.46. The lowest BCUT2D eigenvalue weighted by atomic mass is 9.94. The molecule has 1 heterocycles. The molecule has 0 radical (unpaired) electrons. The van der Waals surface area contributed by atoms with E-state index in [0.717, 1.165) is 32.1 Å². The van der Waals surface area contributed by atoms with E-state index in [1.54, 1.807) is 4.90 Å². The topological polar surface area (TPSA) is 29.3 Å². The van der Waals surface area contributed by atoms with Crippen molar-refractivity contribution in [3.05, 3.63) is 0 Å². The highest BCUT2D eigenvalue weighted by Crippen LogP contribution is 2.32. The molecule has 1 aliphatic heterocycles. The van der Waals surface area contributed by atoms with Gasteiger partial charge < -0.3 is 5.73 Å². The maximum atomic E-state index is 13.0. The highest BCUT2D eigenvalue weighted by molar-refractivity contribution is 4.91. The molecule has 0 aromatic carbocycles. The number of alkyl halides is 3. The number of piperidine rings is 1. The molecule has 0 aromatic rings. The Morgan fingerprint density at radius 1 is 1.35 bits per heavy atom. The summed E-state index contributed by atoms with van der Waals surface area (Å²) in [6, 6.07) is -2.31. The predicted octanol–water partition coefficient (Wildman–Crippen LogP) is 2.92. The molecule has 1 rings (SSSR count). The summed E-state index contributed by atoms with van der Waals surface area (Å²) in [5, 5.41) is 0. The smallest absolute Gasteiger partial charge is 0.326 e. The predicted molar refractivity (Wildman–Crippen MR) is 62.7 cm³/mol. The van der Waals surface area contributed by atoms with Gasteiger partial charge in [0.25, 0.3) is 0 Å². The van der Waals surface area contributed by atoms with E-state index in [0.29, 0.717) is 6.54 Å². The van der Waals surface area contributed by atoms with Crippen LogP contribution in [0.15, 0.2) is 0 Å². The summed E-state index contributed by atoms with van der Waals surface area (Å²) in [5.74, 6) is 0. The van der Waals surface area contributed by atoms with Gasteiger partial charge >= 0.3 is 6.18 Å². The van der Waals surface area contributed by atoms with E-state index in [9.17, 15) is 13.2 Å². The largest absolute Gasteiger partial charge is 0.405 e. The van der Waals surface area contributed by atoms with Crippen LogP contribution in [0.2, 0.25) is 0 Å². The van der Waals surface area contributed by atoms with Crippen LogP contribution in [-0.2, 0) is 0 Å². The Bertz CT molecular complexity index is 226. The van der Waals surface area contributed by atoms with Crippen LogP contribution in [0.5, 0.6) is 0 Å². The van der Waals surface area contributed by atoms with Crippen molar-refractivity contribution in [2.45, 2.75) is 70.3 Å². The first-order valence-electron chi connectivity index (χ1n) is 6.46. The quantitative estimate of drug-likeness (QED) is 0.833. The second kappa shape index (κ2) is 6.05. The standard InChI is InChI=1S/C12H23F3N2/c1-3-6-10-7-4-5-8-17(10)11(9(2)16)12(13,14)15/h9-11H,3-8,16H2,1-2H3. The third-order valence-electron chi connectivity index (χ3n) is 3.49. The van der Waals surface area contributed by atoms with Crippen LogP contribution >= 0.6 is 0 Å². The normalized spacial score (nSPS) is 26.8. The van der Waals surface area contributed by atoms with Crippen molar-refractivity contribution in [1.29, 1.82) is 0 Å². The third-order valence-corrected chi connectivity index (χ3v) is 3.49. The van der Waals surface area contributed by atoms with E-state index < -0.39 is 18.3 Å². The molecule has 0 aromatic heterocycles. The van der Waals surface area contributed by atoms with Crippen molar-refractivity contribution in [2.75, 3.05) is 6.54 Å². The fraction of sp³-hybridized carbons (Fsp3) is 1.00. The summed E-state index contributed by atoms with van der Waals surface area (Å²) in [5.41, 5.74) is 5.55. The van der Waals surface area contributed by atoms with Gasteiger partial charge in [0.15, 0.2) is 0 Å². The third kappa shape index (κ3) is 3.85. The highest BCUT2D eigenvalue weighted by atomic mass is 19.4.